The van der Waals surface area contributed by atoms with Gasteiger partial charge < -0.3 is 18.3 Å². The molecule has 0 unspecified atom stereocenters. The summed E-state index contributed by atoms with van der Waals surface area (Å²) in [5, 5.41) is 0. The first kappa shape index (κ1) is 22.6. The van der Waals surface area contributed by atoms with Gasteiger partial charge in [0.15, 0.2) is 0 Å². The summed E-state index contributed by atoms with van der Waals surface area (Å²) >= 11 is 0. The summed E-state index contributed by atoms with van der Waals surface area (Å²) in [7, 11) is -3.90. The molecule has 0 N–H and O–H groups in total. The van der Waals surface area contributed by atoms with Gasteiger partial charge in [-0.15, -0.1) is 0 Å². The molecule has 0 saturated heterocycles. The summed E-state index contributed by atoms with van der Waals surface area (Å²) in [6.45, 7) is 5.70. The highest BCUT2D eigenvalue weighted by Gasteiger charge is 2.27. The second kappa shape index (κ2) is 9.84. The summed E-state index contributed by atoms with van der Waals surface area (Å²) < 4.78 is 49.3. The van der Waals surface area contributed by atoms with E-state index >= 15 is 0 Å². The van der Waals surface area contributed by atoms with E-state index in [4.69, 9.17) is 18.3 Å². The Hall–Kier alpha value is -3.04. The zero-order valence-corrected chi connectivity index (χ0v) is 18.4. The summed E-state index contributed by atoms with van der Waals surface area (Å²) in [4.78, 5) is 12.1. The van der Waals surface area contributed by atoms with Crippen molar-refractivity contribution < 1.29 is 31.5 Å². The number of nitrogens with zero attached hydrogens (tertiary/aromatic N) is 1. The normalized spacial score (nSPS) is 11.8. The molecule has 3 rings (SSSR count). The molecule has 2 heterocycles. The maximum atomic E-state index is 13.3. The third kappa shape index (κ3) is 5.77. The van der Waals surface area contributed by atoms with Gasteiger partial charge >= 0.3 is 5.97 Å². The van der Waals surface area contributed by atoms with Crippen LogP contribution in [0.2, 0.25) is 0 Å². The van der Waals surface area contributed by atoms with Crippen molar-refractivity contribution in [1.29, 1.82) is 0 Å². The number of rotatable bonds is 10. The van der Waals surface area contributed by atoms with Crippen LogP contribution in [0.4, 0.5) is 0 Å². The number of ether oxygens (including phenoxy) is 2. The maximum absolute atomic E-state index is 13.3. The minimum Gasteiger partial charge on any atom is -0.494 e. The number of carbonyl (C=O) groups is 1. The second-order valence-corrected chi connectivity index (χ2v) is 8.91. The highest BCUT2D eigenvalue weighted by molar-refractivity contribution is 7.89. The van der Waals surface area contributed by atoms with Gasteiger partial charge in [0.05, 0.1) is 37.0 Å². The van der Waals surface area contributed by atoms with E-state index in [9.17, 15) is 13.2 Å². The van der Waals surface area contributed by atoms with Gasteiger partial charge in [0.2, 0.25) is 15.8 Å². The molecule has 31 heavy (non-hydrogen) atoms. The first-order chi connectivity index (χ1) is 14.8. The van der Waals surface area contributed by atoms with Crippen molar-refractivity contribution >= 4 is 16.0 Å². The molecule has 0 atom stereocenters. The van der Waals surface area contributed by atoms with Crippen molar-refractivity contribution in [3.05, 3.63) is 72.1 Å². The van der Waals surface area contributed by atoms with Crippen molar-refractivity contribution in [3.8, 4) is 5.75 Å². The lowest BCUT2D eigenvalue weighted by molar-refractivity contribution is 0.0338. The minimum atomic E-state index is -3.90. The monoisotopic (exact) mass is 447 g/mol. The predicted octanol–water partition coefficient (Wildman–Crippen LogP) is 4.23. The van der Waals surface area contributed by atoms with Crippen LogP contribution in [0.15, 0.2) is 68.5 Å². The Morgan fingerprint density at radius 1 is 1.03 bits per heavy atom. The number of furan rings is 2. The summed E-state index contributed by atoms with van der Waals surface area (Å²) in [6, 6.07) is 12.6. The van der Waals surface area contributed by atoms with Crippen LogP contribution >= 0.6 is 0 Å². The van der Waals surface area contributed by atoms with Gasteiger partial charge in [0.1, 0.15) is 17.3 Å². The number of hydrogen-bond acceptors (Lipinski definition) is 7. The number of carbonyl (C=O) groups excluding carboxylic acids is 1. The van der Waals surface area contributed by atoms with Crippen LogP contribution in [0.3, 0.4) is 0 Å². The Balaban J connectivity index is 1.86. The molecule has 0 radical (unpaired) electrons. The first-order valence-electron chi connectivity index (χ1n) is 9.84. The number of sulfonamides is 1. The molecule has 2 aromatic heterocycles. The van der Waals surface area contributed by atoms with E-state index in [2.05, 4.69) is 0 Å². The Bertz CT molecular complexity index is 1080. The molecule has 0 aliphatic carbocycles. The molecule has 0 aliphatic heterocycles. The summed E-state index contributed by atoms with van der Waals surface area (Å²) in [5.74, 6) is 0.768. The Morgan fingerprint density at radius 2 is 1.74 bits per heavy atom. The van der Waals surface area contributed by atoms with Crippen LogP contribution in [-0.4, -0.2) is 31.4 Å². The van der Waals surface area contributed by atoms with E-state index < -0.39 is 16.0 Å². The highest BCUT2D eigenvalue weighted by Crippen LogP contribution is 2.24. The van der Waals surface area contributed by atoms with Gasteiger partial charge in [-0.2, -0.15) is 4.31 Å². The van der Waals surface area contributed by atoms with E-state index in [1.54, 1.807) is 44.2 Å². The Morgan fingerprint density at radius 3 is 2.35 bits per heavy atom. The predicted molar refractivity (Wildman–Crippen MR) is 112 cm³/mol. The SMILES string of the molecule is CCOc1ccc(S(=O)(=O)N(Cc2ccco2)Cc2ccc(C(=O)OC(C)C)o2)cc1. The van der Waals surface area contributed by atoms with E-state index in [0.717, 1.165) is 0 Å². The summed E-state index contributed by atoms with van der Waals surface area (Å²) in [6.07, 6.45) is 1.18. The largest absolute Gasteiger partial charge is 0.494 e. The molecule has 0 fully saturated rings. The molecule has 0 saturated carbocycles. The molecular formula is C22H25NO7S. The fourth-order valence-electron chi connectivity index (χ4n) is 2.84. The fourth-order valence-corrected chi connectivity index (χ4v) is 4.22. The zero-order chi connectivity index (χ0) is 22.4. The zero-order valence-electron chi connectivity index (χ0n) is 17.6. The average molecular weight is 448 g/mol. The standard InChI is InChI=1S/C22H25NO7S/c1-4-27-17-7-10-20(11-8-17)31(25,26)23(14-18-6-5-13-28-18)15-19-9-12-21(30-19)22(24)29-16(2)3/h5-13,16H,4,14-15H2,1-3H3. The van der Waals surface area contributed by atoms with E-state index in [-0.39, 0.29) is 29.8 Å². The Labute approximate surface area is 181 Å². The highest BCUT2D eigenvalue weighted by atomic mass is 32.2. The van der Waals surface area contributed by atoms with Crippen LogP contribution in [0.1, 0.15) is 42.8 Å². The molecule has 166 valence electrons. The van der Waals surface area contributed by atoms with Crippen molar-refractivity contribution in [2.24, 2.45) is 0 Å². The topological polar surface area (TPSA) is 99.2 Å². The fraction of sp³-hybridized carbons (Fsp3) is 0.318. The van der Waals surface area contributed by atoms with Crippen LogP contribution < -0.4 is 4.74 Å². The lowest BCUT2D eigenvalue weighted by atomic mass is 10.3. The molecular weight excluding hydrogens is 422 g/mol. The van der Waals surface area contributed by atoms with E-state index in [1.807, 2.05) is 6.92 Å². The maximum Gasteiger partial charge on any atom is 0.374 e. The molecule has 0 bridgehead atoms. The number of esters is 1. The van der Waals surface area contributed by atoms with Crippen LogP contribution in [0.5, 0.6) is 5.75 Å². The second-order valence-electron chi connectivity index (χ2n) is 6.98. The smallest absolute Gasteiger partial charge is 0.374 e. The van der Waals surface area contributed by atoms with Crippen LogP contribution in [-0.2, 0) is 27.8 Å². The molecule has 9 heteroatoms. The van der Waals surface area contributed by atoms with Gasteiger partial charge in [-0.25, -0.2) is 13.2 Å². The van der Waals surface area contributed by atoms with E-state index in [1.165, 1.54) is 28.8 Å². The average Bonchev–Trinajstić information content (AvgIpc) is 3.40. The van der Waals surface area contributed by atoms with Crippen LogP contribution in [0, 0.1) is 0 Å². The Kier molecular flexibility index (Phi) is 7.19. The lowest BCUT2D eigenvalue weighted by Gasteiger charge is -2.20. The molecule has 3 aromatic rings. The summed E-state index contributed by atoms with van der Waals surface area (Å²) in [5.41, 5.74) is 0. The van der Waals surface area contributed by atoms with Gasteiger partial charge in [0, 0.05) is 0 Å². The van der Waals surface area contributed by atoms with Gasteiger partial charge in [-0.3, -0.25) is 0 Å². The molecule has 0 aliphatic rings. The minimum absolute atomic E-state index is 0.00494. The van der Waals surface area contributed by atoms with E-state index in [0.29, 0.717) is 23.9 Å². The quantitative estimate of drug-likeness (QED) is 0.429. The lowest BCUT2D eigenvalue weighted by Crippen LogP contribution is -2.30. The molecule has 0 spiro atoms. The third-order valence-corrected chi connectivity index (χ3v) is 6.03. The van der Waals surface area contributed by atoms with Gasteiger partial charge in [-0.05, 0) is 69.3 Å². The van der Waals surface area contributed by atoms with Crippen molar-refractivity contribution in [2.75, 3.05) is 6.61 Å². The molecule has 1 aromatic carbocycles. The number of hydrogen-bond donors (Lipinski definition) is 0. The van der Waals surface area contributed by atoms with Crippen LogP contribution in [0.25, 0.3) is 0 Å². The molecule has 8 nitrogen and oxygen atoms in total. The van der Waals surface area contributed by atoms with Crippen molar-refractivity contribution in [1.82, 2.24) is 4.31 Å². The first-order valence-corrected chi connectivity index (χ1v) is 11.3. The number of benzene rings is 1. The third-order valence-electron chi connectivity index (χ3n) is 4.22. The van der Waals surface area contributed by atoms with Gasteiger partial charge in [-0.1, -0.05) is 0 Å². The van der Waals surface area contributed by atoms with Crippen molar-refractivity contribution in [2.45, 2.75) is 44.9 Å². The van der Waals surface area contributed by atoms with Crippen molar-refractivity contribution in [3.63, 3.8) is 0 Å². The van der Waals surface area contributed by atoms with Gasteiger partial charge in [0.25, 0.3) is 0 Å². The molecule has 0 amide bonds.